The van der Waals surface area contributed by atoms with Crippen molar-refractivity contribution in [2.75, 3.05) is 33.2 Å². The first kappa shape index (κ1) is 14.7. The second-order valence-corrected chi connectivity index (χ2v) is 5.28. The highest BCUT2D eigenvalue weighted by Crippen LogP contribution is 2.25. The molecule has 1 amide bonds. The predicted molar refractivity (Wildman–Crippen MR) is 76.1 cm³/mol. The van der Waals surface area contributed by atoms with Crippen molar-refractivity contribution in [2.24, 2.45) is 0 Å². The second kappa shape index (κ2) is 6.19. The summed E-state index contributed by atoms with van der Waals surface area (Å²) in [4.78, 5) is 26.6. The summed E-state index contributed by atoms with van der Waals surface area (Å²) in [6.07, 6.45) is 0.901. The Kier molecular flexibility index (Phi) is 4.57. The number of nitrogens with zero attached hydrogens (tertiary/aromatic N) is 3. The minimum absolute atomic E-state index is 0.0437. The molecule has 0 aromatic heterocycles. The van der Waals surface area contributed by atoms with Crippen LogP contribution in [0.15, 0.2) is 18.2 Å². The first-order valence-corrected chi connectivity index (χ1v) is 6.78. The van der Waals surface area contributed by atoms with Crippen LogP contribution in [0, 0.1) is 10.1 Å². The fourth-order valence-electron chi connectivity index (χ4n) is 2.22. The van der Waals surface area contributed by atoms with Gasteiger partial charge in [-0.1, -0.05) is 11.6 Å². The van der Waals surface area contributed by atoms with Crippen LogP contribution in [0.1, 0.15) is 16.8 Å². The average molecular weight is 298 g/mol. The van der Waals surface area contributed by atoms with E-state index < -0.39 is 4.92 Å². The fourth-order valence-corrected chi connectivity index (χ4v) is 2.40. The van der Waals surface area contributed by atoms with Gasteiger partial charge in [0.1, 0.15) is 5.02 Å². The predicted octanol–water partition coefficient (Wildman–Crippen LogP) is 2.03. The number of carbonyl (C=O) groups is 1. The molecule has 1 aromatic rings. The fraction of sp³-hybridized carbons (Fsp3) is 0.462. The molecule has 0 atom stereocenters. The largest absolute Gasteiger partial charge is 0.337 e. The molecule has 6 nitrogen and oxygen atoms in total. The van der Waals surface area contributed by atoms with E-state index in [0.717, 1.165) is 19.5 Å². The van der Waals surface area contributed by atoms with Gasteiger partial charge in [0.15, 0.2) is 0 Å². The van der Waals surface area contributed by atoms with Crippen molar-refractivity contribution in [1.82, 2.24) is 9.80 Å². The van der Waals surface area contributed by atoms with Gasteiger partial charge in [0.05, 0.1) is 4.92 Å². The van der Waals surface area contributed by atoms with Crippen molar-refractivity contribution in [2.45, 2.75) is 6.42 Å². The van der Waals surface area contributed by atoms with Gasteiger partial charge in [-0.05, 0) is 32.1 Å². The van der Waals surface area contributed by atoms with Gasteiger partial charge in [0.25, 0.3) is 11.6 Å². The zero-order chi connectivity index (χ0) is 14.7. The number of hydrogen-bond donors (Lipinski definition) is 0. The third kappa shape index (κ3) is 3.26. The van der Waals surface area contributed by atoms with Crippen molar-refractivity contribution in [3.05, 3.63) is 38.9 Å². The van der Waals surface area contributed by atoms with Crippen LogP contribution < -0.4 is 0 Å². The summed E-state index contributed by atoms with van der Waals surface area (Å²) in [5.41, 5.74) is 0.0788. The monoisotopic (exact) mass is 297 g/mol. The van der Waals surface area contributed by atoms with Crippen LogP contribution in [-0.2, 0) is 0 Å². The highest BCUT2D eigenvalue weighted by atomic mass is 35.5. The number of rotatable bonds is 2. The third-order valence-corrected chi connectivity index (χ3v) is 3.72. The minimum atomic E-state index is -0.574. The van der Waals surface area contributed by atoms with Crippen LogP contribution in [-0.4, -0.2) is 53.9 Å². The number of amides is 1. The molecule has 108 valence electrons. The van der Waals surface area contributed by atoms with Crippen LogP contribution >= 0.6 is 11.6 Å². The lowest BCUT2D eigenvalue weighted by atomic mass is 10.1. The molecule has 1 aliphatic heterocycles. The number of hydrogen-bond acceptors (Lipinski definition) is 4. The Labute approximate surface area is 122 Å². The first-order chi connectivity index (χ1) is 9.49. The number of halogens is 1. The lowest BCUT2D eigenvalue weighted by molar-refractivity contribution is -0.384. The van der Waals surface area contributed by atoms with Gasteiger partial charge >= 0.3 is 0 Å². The molecule has 7 heteroatoms. The molecule has 0 spiro atoms. The SMILES string of the molecule is CN1CCCN(C(=O)c2ccc(Cl)c([N+](=O)[O-])c2)CC1. The Bertz CT molecular complexity index is 536. The highest BCUT2D eigenvalue weighted by molar-refractivity contribution is 6.32. The van der Waals surface area contributed by atoms with E-state index in [4.69, 9.17) is 11.6 Å². The van der Waals surface area contributed by atoms with Gasteiger partial charge in [0.2, 0.25) is 0 Å². The van der Waals surface area contributed by atoms with E-state index in [2.05, 4.69) is 4.90 Å². The molecular formula is C13H16ClN3O3. The molecule has 1 heterocycles. The Balaban J connectivity index is 2.20. The quantitative estimate of drug-likeness (QED) is 0.619. The number of carbonyl (C=O) groups excluding carboxylic acids is 1. The van der Waals surface area contributed by atoms with Crippen LogP contribution in [0.5, 0.6) is 0 Å². The van der Waals surface area contributed by atoms with E-state index in [1.165, 1.54) is 18.2 Å². The van der Waals surface area contributed by atoms with Crippen LogP contribution in [0.2, 0.25) is 5.02 Å². The van der Waals surface area contributed by atoms with Gasteiger partial charge in [-0.15, -0.1) is 0 Å². The first-order valence-electron chi connectivity index (χ1n) is 6.41. The van der Waals surface area contributed by atoms with Crippen LogP contribution in [0.25, 0.3) is 0 Å². The van der Waals surface area contributed by atoms with Crippen molar-refractivity contribution >= 4 is 23.2 Å². The summed E-state index contributed by atoms with van der Waals surface area (Å²) in [6.45, 7) is 3.05. The normalized spacial score (nSPS) is 16.8. The van der Waals surface area contributed by atoms with Crippen molar-refractivity contribution < 1.29 is 9.72 Å². The number of nitro groups is 1. The van der Waals surface area contributed by atoms with E-state index in [-0.39, 0.29) is 16.6 Å². The van der Waals surface area contributed by atoms with Gasteiger partial charge in [-0.3, -0.25) is 14.9 Å². The van der Waals surface area contributed by atoms with Crippen LogP contribution in [0.4, 0.5) is 5.69 Å². The molecule has 1 fully saturated rings. The summed E-state index contributed by atoms with van der Waals surface area (Å²) in [7, 11) is 2.01. The Morgan fingerprint density at radius 2 is 2.05 bits per heavy atom. The summed E-state index contributed by atoms with van der Waals surface area (Å²) < 4.78 is 0. The minimum Gasteiger partial charge on any atom is -0.337 e. The Morgan fingerprint density at radius 1 is 1.30 bits per heavy atom. The van der Waals surface area contributed by atoms with Gasteiger partial charge in [-0.25, -0.2) is 0 Å². The molecule has 20 heavy (non-hydrogen) atoms. The lowest BCUT2D eigenvalue weighted by Gasteiger charge is -2.20. The Morgan fingerprint density at radius 3 is 2.75 bits per heavy atom. The zero-order valence-corrected chi connectivity index (χ0v) is 12.0. The summed E-state index contributed by atoms with van der Waals surface area (Å²) in [5, 5.41) is 10.9. The average Bonchev–Trinajstić information content (AvgIpc) is 2.63. The molecule has 2 rings (SSSR count). The number of benzene rings is 1. The third-order valence-electron chi connectivity index (χ3n) is 3.40. The van der Waals surface area contributed by atoms with Crippen molar-refractivity contribution in [3.63, 3.8) is 0 Å². The zero-order valence-electron chi connectivity index (χ0n) is 11.2. The summed E-state index contributed by atoms with van der Waals surface area (Å²) in [5.74, 6) is -0.180. The van der Waals surface area contributed by atoms with Crippen molar-refractivity contribution in [3.8, 4) is 0 Å². The highest BCUT2D eigenvalue weighted by Gasteiger charge is 2.22. The van der Waals surface area contributed by atoms with Gasteiger partial charge in [0, 0.05) is 31.3 Å². The standard InChI is InChI=1S/C13H16ClN3O3/c1-15-5-2-6-16(8-7-15)13(18)10-3-4-11(14)12(9-10)17(19)20/h3-4,9H,2,5-8H2,1H3. The molecule has 0 N–H and O–H groups in total. The molecule has 1 saturated heterocycles. The molecule has 0 bridgehead atoms. The molecule has 0 saturated carbocycles. The topological polar surface area (TPSA) is 66.7 Å². The maximum atomic E-state index is 12.4. The van der Waals surface area contributed by atoms with E-state index in [0.29, 0.717) is 18.7 Å². The molecule has 1 aromatic carbocycles. The maximum Gasteiger partial charge on any atom is 0.288 e. The van der Waals surface area contributed by atoms with Crippen molar-refractivity contribution in [1.29, 1.82) is 0 Å². The number of nitro benzene ring substituents is 1. The molecule has 0 radical (unpaired) electrons. The lowest BCUT2D eigenvalue weighted by Crippen LogP contribution is -2.34. The number of likely N-dealkylation sites (N-methyl/N-ethyl adjacent to an activating group) is 1. The molecule has 0 aliphatic carbocycles. The molecular weight excluding hydrogens is 282 g/mol. The van der Waals surface area contributed by atoms with Gasteiger partial charge < -0.3 is 9.80 Å². The Hall–Kier alpha value is -1.66. The molecule has 1 aliphatic rings. The van der Waals surface area contributed by atoms with Gasteiger partial charge in [-0.2, -0.15) is 0 Å². The molecule has 0 unspecified atom stereocenters. The van der Waals surface area contributed by atoms with E-state index >= 15 is 0 Å². The van der Waals surface area contributed by atoms with E-state index in [9.17, 15) is 14.9 Å². The smallest absolute Gasteiger partial charge is 0.288 e. The summed E-state index contributed by atoms with van der Waals surface area (Å²) in [6, 6.07) is 4.18. The second-order valence-electron chi connectivity index (χ2n) is 4.87. The van der Waals surface area contributed by atoms with E-state index in [1.54, 1.807) is 4.90 Å². The van der Waals surface area contributed by atoms with E-state index in [1.807, 2.05) is 7.05 Å². The van der Waals surface area contributed by atoms with Crippen LogP contribution in [0.3, 0.4) is 0 Å². The summed E-state index contributed by atoms with van der Waals surface area (Å²) >= 11 is 5.75. The maximum absolute atomic E-state index is 12.4.